The van der Waals surface area contributed by atoms with Crippen molar-refractivity contribution in [3.8, 4) is 5.75 Å². The monoisotopic (exact) mass is 329 g/mol. The molecular weight excluding hydrogens is 302 g/mol. The molecule has 2 rings (SSSR count). The average Bonchev–Trinajstić information content (AvgIpc) is 2.44. The SMILES string of the molecule is CCc1ccc(OCC(O)CN2CC(C)OC(C)C2)cc1.Cl. The maximum Gasteiger partial charge on any atom is 0.119 e. The first-order valence-corrected chi connectivity index (χ1v) is 7.84. The Hall–Kier alpha value is -0.810. The van der Waals surface area contributed by atoms with E-state index in [0.717, 1.165) is 25.3 Å². The minimum absolute atomic E-state index is 0. The zero-order valence-corrected chi connectivity index (χ0v) is 14.5. The lowest BCUT2D eigenvalue weighted by molar-refractivity contribution is -0.0786. The second kappa shape index (κ2) is 9.36. The molecule has 3 unspecified atom stereocenters. The molecule has 1 saturated heterocycles. The molecule has 1 aliphatic heterocycles. The fourth-order valence-electron chi connectivity index (χ4n) is 2.80. The molecule has 4 nitrogen and oxygen atoms in total. The minimum atomic E-state index is -0.478. The van der Waals surface area contributed by atoms with Crippen LogP contribution in [0.3, 0.4) is 0 Å². The van der Waals surface area contributed by atoms with Gasteiger partial charge in [-0.2, -0.15) is 0 Å². The lowest BCUT2D eigenvalue weighted by Crippen LogP contribution is -2.48. The van der Waals surface area contributed by atoms with Crippen LogP contribution in [0.25, 0.3) is 0 Å². The summed E-state index contributed by atoms with van der Waals surface area (Å²) in [6.45, 7) is 8.96. The quantitative estimate of drug-likeness (QED) is 0.871. The number of hydrogen-bond donors (Lipinski definition) is 1. The zero-order chi connectivity index (χ0) is 15.2. The van der Waals surface area contributed by atoms with Gasteiger partial charge in [0.05, 0.1) is 12.2 Å². The molecule has 0 spiro atoms. The molecule has 0 saturated carbocycles. The van der Waals surface area contributed by atoms with E-state index in [4.69, 9.17) is 9.47 Å². The van der Waals surface area contributed by atoms with Gasteiger partial charge in [0, 0.05) is 19.6 Å². The molecule has 1 heterocycles. The van der Waals surface area contributed by atoms with Gasteiger partial charge in [0.25, 0.3) is 0 Å². The molecule has 1 aromatic carbocycles. The van der Waals surface area contributed by atoms with Crippen LogP contribution >= 0.6 is 12.4 Å². The molecule has 0 radical (unpaired) electrons. The van der Waals surface area contributed by atoms with E-state index in [2.05, 4.69) is 37.8 Å². The highest BCUT2D eigenvalue weighted by Crippen LogP contribution is 2.14. The molecule has 0 aromatic heterocycles. The maximum atomic E-state index is 10.1. The third kappa shape index (κ3) is 6.13. The topological polar surface area (TPSA) is 41.9 Å². The van der Waals surface area contributed by atoms with Gasteiger partial charge in [-0.05, 0) is 38.0 Å². The highest BCUT2D eigenvalue weighted by atomic mass is 35.5. The Morgan fingerprint density at radius 1 is 1.23 bits per heavy atom. The minimum Gasteiger partial charge on any atom is -0.491 e. The summed E-state index contributed by atoms with van der Waals surface area (Å²) in [5.41, 5.74) is 1.29. The molecule has 22 heavy (non-hydrogen) atoms. The molecule has 0 bridgehead atoms. The first kappa shape index (κ1) is 19.2. The molecule has 1 fully saturated rings. The van der Waals surface area contributed by atoms with Gasteiger partial charge in [-0.1, -0.05) is 19.1 Å². The Morgan fingerprint density at radius 2 is 1.82 bits per heavy atom. The Balaban J connectivity index is 0.00000242. The summed E-state index contributed by atoms with van der Waals surface area (Å²) in [4.78, 5) is 2.24. The number of aliphatic hydroxyl groups excluding tert-OH is 1. The van der Waals surface area contributed by atoms with E-state index in [1.54, 1.807) is 0 Å². The Bertz CT molecular complexity index is 416. The van der Waals surface area contributed by atoms with Crippen LogP contribution in [-0.4, -0.2) is 54.6 Å². The molecule has 0 aliphatic carbocycles. The summed E-state index contributed by atoms with van der Waals surface area (Å²) in [6.07, 6.45) is 0.997. The predicted molar refractivity (Wildman–Crippen MR) is 91.0 cm³/mol. The maximum absolute atomic E-state index is 10.1. The number of nitrogens with zero attached hydrogens (tertiary/aromatic N) is 1. The summed E-state index contributed by atoms with van der Waals surface area (Å²) in [6, 6.07) is 8.05. The van der Waals surface area contributed by atoms with Crippen LogP contribution in [0, 0.1) is 0 Å². The number of morpholine rings is 1. The lowest BCUT2D eigenvalue weighted by atomic mass is 10.2. The van der Waals surface area contributed by atoms with Gasteiger partial charge in [-0.3, -0.25) is 4.90 Å². The van der Waals surface area contributed by atoms with E-state index in [1.165, 1.54) is 5.56 Å². The highest BCUT2D eigenvalue weighted by Gasteiger charge is 2.23. The molecule has 126 valence electrons. The van der Waals surface area contributed by atoms with Gasteiger partial charge < -0.3 is 14.6 Å². The van der Waals surface area contributed by atoms with Crippen molar-refractivity contribution in [1.29, 1.82) is 0 Å². The van der Waals surface area contributed by atoms with Gasteiger partial charge in [-0.15, -0.1) is 12.4 Å². The summed E-state index contributed by atoms with van der Waals surface area (Å²) in [7, 11) is 0. The second-order valence-corrected chi connectivity index (χ2v) is 5.94. The van der Waals surface area contributed by atoms with E-state index in [-0.39, 0.29) is 24.6 Å². The largest absolute Gasteiger partial charge is 0.491 e. The number of halogens is 1. The summed E-state index contributed by atoms with van der Waals surface area (Å²) in [5.74, 6) is 0.815. The summed E-state index contributed by atoms with van der Waals surface area (Å²) in [5, 5.41) is 10.1. The molecular formula is C17H28ClNO3. The van der Waals surface area contributed by atoms with Gasteiger partial charge in [0.15, 0.2) is 0 Å². The fraction of sp³-hybridized carbons (Fsp3) is 0.647. The molecule has 5 heteroatoms. The Morgan fingerprint density at radius 3 is 2.36 bits per heavy atom. The van der Waals surface area contributed by atoms with Crippen LogP contribution in [0.4, 0.5) is 0 Å². The third-order valence-corrected chi connectivity index (χ3v) is 3.74. The normalized spacial score (nSPS) is 23.6. The third-order valence-electron chi connectivity index (χ3n) is 3.74. The molecule has 3 atom stereocenters. The van der Waals surface area contributed by atoms with Gasteiger partial charge in [0.2, 0.25) is 0 Å². The van der Waals surface area contributed by atoms with E-state index >= 15 is 0 Å². The van der Waals surface area contributed by atoms with E-state index in [1.807, 2.05) is 12.1 Å². The molecule has 1 aliphatic rings. The van der Waals surface area contributed by atoms with Crippen molar-refractivity contribution in [1.82, 2.24) is 4.90 Å². The fourth-order valence-corrected chi connectivity index (χ4v) is 2.80. The number of benzene rings is 1. The first-order chi connectivity index (χ1) is 10.1. The number of aliphatic hydroxyl groups is 1. The van der Waals surface area contributed by atoms with Crippen molar-refractivity contribution >= 4 is 12.4 Å². The van der Waals surface area contributed by atoms with Crippen molar-refractivity contribution in [2.24, 2.45) is 0 Å². The van der Waals surface area contributed by atoms with Crippen molar-refractivity contribution < 1.29 is 14.6 Å². The van der Waals surface area contributed by atoms with Crippen molar-refractivity contribution in [3.05, 3.63) is 29.8 Å². The van der Waals surface area contributed by atoms with Gasteiger partial charge in [0.1, 0.15) is 18.5 Å². The van der Waals surface area contributed by atoms with Crippen LogP contribution in [0.5, 0.6) is 5.75 Å². The summed E-state index contributed by atoms with van der Waals surface area (Å²) >= 11 is 0. The first-order valence-electron chi connectivity index (χ1n) is 7.84. The number of β-amino-alcohol motifs (C(OH)–C–C–N with tert-alkyl or cyclic N) is 1. The van der Waals surface area contributed by atoms with Crippen molar-refractivity contribution in [2.75, 3.05) is 26.2 Å². The second-order valence-electron chi connectivity index (χ2n) is 5.94. The zero-order valence-electron chi connectivity index (χ0n) is 13.7. The van der Waals surface area contributed by atoms with Crippen LogP contribution in [0.15, 0.2) is 24.3 Å². The number of aryl methyl sites for hydroxylation is 1. The van der Waals surface area contributed by atoms with Crippen LogP contribution in [0.1, 0.15) is 26.3 Å². The molecule has 0 amide bonds. The number of ether oxygens (including phenoxy) is 2. The van der Waals surface area contributed by atoms with Crippen LogP contribution < -0.4 is 4.74 Å². The molecule has 1 N–H and O–H groups in total. The Kier molecular flexibility index (Phi) is 8.18. The van der Waals surface area contributed by atoms with Crippen molar-refractivity contribution in [2.45, 2.75) is 45.5 Å². The smallest absolute Gasteiger partial charge is 0.119 e. The Labute approximate surface area is 139 Å². The molecule has 1 aromatic rings. The van der Waals surface area contributed by atoms with E-state index in [0.29, 0.717) is 13.2 Å². The van der Waals surface area contributed by atoms with Gasteiger partial charge >= 0.3 is 0 Å². The summed E-state index contributed by atoms with van der Waals surface area (Å²) < 4.78 is 11.3. The van der Waals surface area contributed by atoms with Crippen molar-refractivity contribution in [3.63, 3.8) is 0 Å². The van der Waals surface area contributed by atoms with Gasteiger partial charge in [-0.25, -0.2) is 0 Å². The highest BCUT2D eigenvalue weighted by molar-refractivity contribution is 5.85. The van der Waals surface area contributed by atoms with Crippen LogP contribution in [0.2, 0.25) is 0 Å². The number of rotatable bonds is 6. The average molecular weight is 330 g/mol. The number of hydrogen-bond acceptors (Lipinski definition) is 4. The van der Waals surface area contributed by atoms with E-state index < -0.39 is 6.10 Å². The standard InChI is InChI=1S/C17H27NO3.ClH/c1-4-15-5-7-17(8-6-15)20-12-16(19)11-18-9-13(2)21-14(3)10-18;/h5-8,13-14,16,19H,4,9-12H2,1-3H3;1H. The van der Waals surface area contributed by atoms with E-state index in [9.17, 15) is 5.11 Å². The lowest BCUT2D eigenvalue weighted by Gasteiger charge is -2.36. The van der Waals surface area contributed by atoms with Crippen LogP contribution in [-0.2, 0) is 11.2 Å². The predicted octanol–water partition coefficient (Wildman–Crippen LogP) is 2.52.